The van der Waals surface area contributed by atoms with Crippen molar-refractivity contribution >= 4 is 28.6 Å². The normalized spacial score (nSPS) is 11.7. The second-order valence-corrected chi connectivity index (χ2v) is 7.11. The average molecular weight is 412 g/mol. The maximum atomic E-state index is 13.4. The second kappa shape index (κ2) is 8.67. The van der Waals surface area contributed by atoms with Gasteiger partial charge in [-0.2, -0.15) is 0 Å². The number of carbonyl (C=O) groups is 3. The summed E-state index contributed by atoms with van der Waals surface area (Å²) in [5.41, 5.74) is 7.61. The number of nitrogens with one attached hydrogen (secondary N) is 1. The molecule has 1 heterocycles. The van der Waals surface area contributed by atoms with Crippen LogP contribution in [0.2, 0.25) is 0 Å². The SMILES string of the molecule is NC(=O)C(=O)[C@H](Cc1ccccc1)NC(=O)c1c(-c2ccccc2)oc2ccccc12. The molecule has 0 bridgehead atoms. The third-order valence-corrected chi connectivity index (χ3v) is 5.01. The first kappa shape index (κ1) is 20.1. The second-order valence-electron chi connectivity index (χ2n) is 7.11. The number of para-hydroxylation sites is 1. The van der Waals surface area contributed by atoms with Crippen LogP contribution in [0.25, 0.3) is 22.3 Å². The molecule has 1 atom stereocenters. The van der Waals surface area contributed by atoms with Gasteiger partial charge in [-0.15, -0.1) is 0 Å². The summed E-state index contributed by atoms with van der Waals surface area (Å²) in [7, 11) is 0. The van der Waals surface area contributed by atoms with E-state index in [0.29, 0.717) is 22.3 Å². The van der Waals surface area contributed by atoms with Gasteiger partial charge >= 0.3 is 0 Å². The van der Waals surface area contributed by atoms with Gasteiger partial charge in [0.1, 0.15) is 17.4 Å². The van der Waals surface area contributed by atoms with Gasteiger partial charge in [-0.25, -0.2) is 0 Å². The van der Waals surface area contributed by atoms with Gasteiger partial charge in [0.25, 0.3) is 11.8 Å². The Hall–Kier alpha value is -4.19. The van der Waals surface area contributed by atoms with Gasteiger partial charge in [0.15, 0.2) is 0 Å². The Balaban J connectivity index is 1.74. The summed E-state index contributed by atoms with van der Waals surface area (Å²) in [5.74, 6) is -2.07. The number of benzene rings is 3. The molecule has 4 aromatic rings. The van der Waals surface area contributed by atoms with Crippen molar-refractivity contribution in [3.8, 4) is 11.3 Å². The lowest BCUT2D eigenvalue weighted by Crippen LogP contribution is -2.47. The van der Waals surface area contributed by atoms with Crippen molar-refractivity contribution in [1.29, 1.82) is 0 Å². The number of fused-ring (bicyclic) bond motifs is 1. The number of furan rings is 1. The number of rotatable bonds is 7. The summed E-state index contributed by atoms with van der Waals surface area (Å²) < 4.78 is 5.98. The van der Waals surface area contributed by atoms with Gasteiger partial charge in [-0.05, 0) is 11.6 Å². The Bertz CT molecular complexity index is 1250. The highest BCUT2D eigenvalue weighted by molar-refractivity contribution is 6.38. The molecule has 0 saturated heterocycles. The van der Waals surface area contributed by atoms with E-state index in [-0.39, 0.29) is 6.42 Å². The summed E-state index contributed by atoms with van der Waals surface area (Å²) in [4.78, 5) is 37.4. The average Bonchev–Trinajstić information content (AvgIpc) is 3.19. The van der Waals surface area contributed by atoms with Crippen LogP contribution in [0, 0.1) is 0 Å². The number of carbonyl (C=O) groups excluding carboxylic acids is 3. The molecule has 3 aromatic carbocycles. The summed E-state index contributed by atoms with van der Waals surface area (Å²) in [5, 5.41) is 3.32. The van der Waals surface area contributed by atoms with E-state index in [2.05, 4.69) is 5.32 Å². The van der Waals surface area contributed by atoms with E-state index in [1.54, 1.807) is 18.2 Å². The number of primary amides is 1. The number of ketones is 1. The van der Waals surface area contributed by atoms with Gasteiger partial charge in [0.05, 0.1) is 5.56 Å². The van der Waals surface area contributed by atoms with Crippen LogP contribution >= 0.6 is 0 Å². The molecule has 2 amide bonds. The number of Topliss-reactive ketones (excluding diaryl/α,β-unsaturated/α-hetero) is 1. The van der Waals surface area contributed by atoms with Crippen molar-refractivity contribution in [3.05, 3.63) is 96.1 Å². The molecule has 0 unspecified atom stereocenters. The topological polar surface area (TPSA) is 102 Å². The van der Waals surface area contributed by atoms with E-state index in [0.717, 1.165) is 11.1 Å². The molecular weight excluding hydrogens is 392 g/mol. The monoisotopic (exact) mass is 412 g/mol. The summed E-state index contributed by atoms with van der Waals surface area (Å²) in [6.07, 6.45) is 0.144. The minimum Gasteiger partial charge on any atom is -0.455 e. The molecule has 31 heavy (non-hydrogen) atoms. The quantitative estimate of drug-likeness (QED) is 0.454. The van der Waals surface area contributed by atoms with Crippen molar-refractivity contribution < 1.29 is 18.8 Å². The highest BCUT2D eigenvalue weighted by Crippen LogP contribution is 2.33. The Morgan fingerprint density at radius 2 is 1.45 bits per heavy atom. The Morgan fingerprint density at radius 1 is 0.839 bits per heavy atom. The molecular formula is C25H20N2O4. The first-order valence-electron chi connectivity index (χ1n) is 9.80. The van der Waals surface area contributed by atoms with Gasteiger partial charge < -0.3 is 15.5 Å². The van der Waals surface area contributed by atoms with Crippen molar-refractivity contribution in [1.82, 2.24) is 5.32 Å². The third-order valence-electron chi connectivity index (χ3n) is 5.01. The van der Waals surface area contributed by atoms with E-state index < -0.39 is 23.6 Å². The zero-order chi connectivity index (χ0) is 21.8. The lowest BCUT2D eigenvalue weighted by Gasteiger charge is -2.16. The van der Waals surface area contributed by atoms with Gasteiger partial charge in [-0.3, -0.25) is 14.4 Å². The minimum atomic E-state index is -1.10. The molecule has 6 heteroatoms. The number of amides is 2. The lowest BCUT2D eigenvalue weighted by atomic mass is 10.00. The Kier molecular flexibility index (Phi) is 5.62. The van der Waals surface area contributed by atoms with Gasteiger partial charge in [0, 0.05) is 17.4 Å². The first-order chi connectivity index (χ1) is 15.0. The fourth-order valence-corrected chi connectivity index (χ4v) is 3.52. The minimum absolute atomic E-state index is 0.144. The largest absolute Gasteiger partial charge is 0.455 e. The fourth-order valence-electron chi connectivity index (χ4n) is 3.52. The molecule has 0 aliphatic heterocycles. The van der Waals surface area contributed by atoms with Crippen molar-refractivity contribution in [2.45, 2.75) is 12.5 Å². The van der Waals surface area contributed by atoms with Crippen molar-refractivity contribution in [2.24, 2.45) is 5.73 Å². The van der Waals surface area contributed by atoms with E-state index in [9.17, 15) is 14.4 Å². The predicted molar refractivity (Wildman–Crippen MR) is 117 cm³/mol. The van der Waals surface area contributed by atoms with Crippen LogP contribution in [0.5, 0.6) is 0 Å². The molecule has 1 aromatic heterocycles. The molecule has 6 nitrogen and oxygen atoms in total. The Morgan fingerprint density at radius 3 is 2.13 bits per heavy atom. The number of nitrogens with two attached hydrogens (primary N) is 1. The highest BCUT2D eigenvalue weighted by atomic mass is 16.3. The standard InChI is InChI=1S/C25H20N2O4/c26-24(29)22(28)19(15-16-9-3-1-4-10-16)27-25(30)21-18-13-7-8-14-20(18)31-23(21)17-11-5-2-6-12-17/h1-14,19H,15H2,(H2,26,29)(H,27,30)/t19-/m0/s1. The van der Waals surface area contributed by atoms with Crippen LogP contribution in [0.3, 0.4) is 0 Å². The van der Waals surface area contributed by atoms with Crippen molar-refractivity contribution in [2.75, 3.05) is 0 Å². The summed E-state index contributed by atoms with van der Waals surface area (Å²) in [6, 6.07) is 24.4. The van der Waals surface area contributed by atoms with E-state index >= 15 is 0 Å². The maximum absolute atomic E-state index is 13.4. The number of hydrogen-bond acceptors (Lipinski definition) is 4. The molecule has 0 aliphatic carbocycles. The zero-order valence-electron chi connectivity index (χ0n) is 16.6. The van der Waals surface area contributed by atoms with Crippen LogP contribution in [-0.4, -0.2) is 23.6 Å². The van der Waals surface area contributed by atoms with E-state index in [1.807, 2.05) is 66.7 Å². The lowest BCUT2D eigenvalue weighted by molar-refractivity contribution is -0.137. The number of hydrogen-bond donors (Lipinski definition) is 2. The first-order valence-corrected chi connectivity index (χ1v) is 9.80. The van der Waals surface area contributed by atoms with Crippen LogP contribution in [-0.2, 0) is 16.0 Å². The summed E-state index contributed by atoms with van der Waals surface area (Å²) >= 11 is 0. The van der Waals surface area contributed by atoms with Crippen LogP contribution in [0.1, 0.15) is 15.9 Å². The molecule has 3 N–H and O–H groups in total. The summed E-state index contributed by atoms with van der Waals surface area (Å²) in [6.45, 7) is 0. The molecule has 154 valence electrons. The smallest absolute Gasteiger partial charge is 0.287 e. The fraction of sp³-hybridized carbons (Fsp3) is 0.0800. The molecule has 0 fully saturated rings. The molecule has 0 saturated carbocycles. The van der Waals surface area contributed by atoms with Crippen LogP contribution in [0.4, 0.5) is 0 Å². The van der Waals surface area contributed by atoms with E-state index in [1.165, 1.54) is 0 Å². The maximum Gasteiger partial charge on any atom is 0.287 e. The third kappa shape index (κ3) is 4.23. The zero-order valence-corrected chi connectivity index (χ0v) is 16.6. The van der Waals surface area contributed by atoms with Gasteiger partial charge in [-0.1, -0.05) is 78.9 Å². The van der Waals surface area contributed by atoms with Crippen LogP contribution in [0.15, 0.2) is 89.3 Å². The Labute approximate surface area is 178 Å². The molecule has 0 aliphatic rings. The van der Waals surface area contributed by atoms with Gasteiger partial charge in [0.2, 0.25) is 5.78 Å². The van der Waals surface area contributed by atoms with Crippen molar-refractivity contribution in [3.63, 3.8) is 0 Å². The predicted octanol–water partition coefficient (Wildman–Crippen LogP) is 3.50. The van der Waals surface area contributed by atoms with Crippen LogP contribution < -0.4 is 11.1 Å². The highest BCUT2D eigenvalue weighted by Gasteiger charge is 2.29. The molecule has 0 radical (unpaired) electrons. The molecule has 4 rings (SSSR count). The molecule has 0 spiro atoms. The van der Waals surface area contributed by atoms with E-state index in [4.69, 9.17) is 10.2 Å².